The van der Waals surface area contributed by atoms with E-state index in [0.29, 0.717) is 12.1 Å². The van der Waals surface area contributed by atoms with Gasteiger partial charge in [0.1, 0.15) is 24.2 Å². The number of nitriles is 1. The third kappa shape index (κ3) is 3.87. The van der Waals surface area contributed by atoms with Gasteiger partial charge in [-0.1, -0.05) is 11.3 Å². The minimum atomic E-state index is -4.73. The van der Waals surface area contributed by atoms with Crippen LogP contribution in [0.3, 0.4) is 0 Å². The number of nitrogens with zero attached hydrogens (tertiary/aromatic N) is 3. The van der Waals surface area contributed by atoms with Gasteiger partial charge in [-0.25, -0.2) is 13.9 Å². The quantitative estimate of drug-likeness (QED) is 0.688. The zero-order chi connectivity index (χ0) is 19.6. The van der Waals surface area contributed by atoms with Gasteiger partial charge < -0.3 is 4.74 Å². The maximum atomic E-state index is 14.2. The van der Waals surface area contributed by atoms with E-state index in [1.165, 1.54) is 12.1 Å². The molecule has 0 spiro atoms. The van der Waals surface area contributed by atoms with Crippen molar-refractivity contribution in [3.63, 3.8) is 0 Å². The molecule has 0 aliphatic carbocycles. The van der Waals surface area contributed by atoms with Crippen LogP contribution in [0.2, 0.25) is 0 Å². The molecule has 1 N–H and O–H groups in total. The zero-order valence-electron chi connectivity index (χ0n) is 13.3. The van der Waals surface area contributed by atoms with Crippen LogP contribution < -0.4 is 4.74 Å². The van der Waals surface area contributed by atoms with Crippen LogP contribution in [0.15, 0.2) is 36.4 Å². The van der Waals surface area contributed by atoms with Crippen molar-refractivity contribution in [2.24, 2.45) is 0 Å². The number of aromatic amines is 1. The van der Waals surface area contributed by atoms with Gasteiger partial charge in [-0.15, -0.1) is 5.10 Å². The number of alkyl halides is 3. The van der Waals surface area contributed by atoms with Crippen molar-refractivity contribution >= 4 is 0 Å². The molecule has 0 fully saturated rings. The molecule has 0 atom stereocenters. The first-order chi connectivity index (χ1) is 12.8. The van der Waals surface area contributed by atoms with Gasteiger partial charge in [-0.3, -0.25) is 0 Å². The fraction of sp³-hybridized carbons (Fsp3) is 0.118. The predicted octanol–water partition coefficient (Wildman–Crippen LogP) is 4.22. The monoisotopic (exact) mass is 380 g/mol. The molecule has 0 bridgehead atoms. The molecule has 10 heteroatoms. The summed E-state index contributed by atoms with van der Waals surface area (Å²) in [6.07, 6.45) is -4.73. The number of nitrogens with one attached hydrogen (secondary N) is 1. The predicted molar refractivity (Wildman–Crippen MR) is 82.2 cm³/mol. The Morgan fingerprint density at radius 3 is 2.63 bits per heavy atom. The van der Waals surface area contributed by atoms with E-state index < -0.39 is 30.0 Å². The Balaban J connectivity index is 1.94. The van der Waals surface area contributed by atoms with Crippen molar-refractivity contribution in [2.75, 3.05) is 0 Å². The minimum absolute atomic E-state index is 0.0159. The van der Waals surface area contributed by atoms with Crippen LogP contribution in [0.25, 0.3) is 11.3 Å². The van der Waals surface area contributed by atoms with Gasteiger partial charge in [0.25, 0.3) is 0 Å². The van der Waals surface area contributed by atoms with Gasteiger partial charge >= 0.3 is 6.18 Å². The van der Waals surface area contributed by atoms with Gasteiger partial charge in [0.15, 0.2) is 17.3 Å². The molecule has 3 aromatic rings. The van der Waals surface area contributed by atoms with Crippen LogP contribution in [0.4, 0.5) is 22.0 Å². The largest absolute Gasteiger partial charge is 0.485 e. The summed E-state index contributed by atoms with van der Waals surface area (Å²) in [6, 6.07) is 7.53. The number of ether oxygens (including phenoxy) is 1. The topological polar surface area (TPSA) is 74.6 Å². The van der Waals surface area contributed by atoms with Crippen molar-refractivity contribution in [1.82, 2.24) is 15.4 Å². The van der Waals surface area contributed by atoms with Crippen LogP contribution in [0.5, 0.6) is 5.75 Å². The van der Waals surface area contributed by atoms with Crippen LogP contribution in [-0.4, -0.2) is 15.4 Å². The molecule has 0 saturated carbocycles. The average molecular weight is 380 g/mol. The van der Waals surface area contributed by atoms with Crippen molar-refractivity contribution < 1.29 is 26.7 Å². The van der Waals surface area contributed by atoms with Crippen molar-refractivity contribution in [1.29, 1.82) is 5.26 Å². The lowest BCUT2D eigenvalue weighted by molar-refractivity contribution is -0.137. The highest BCUT2D eigenvalue weighted by Crippen LogP contribution is 2.34. The molecule has 0 amide bonds. The number of benzene rings is 2. The first-order valence-electron chi connectivity index (χ1n) is 7.39. The number of hydrogen-bond donors (Lipinski definition) is 1. The number of rotatable bonds is 4. The van der Waals surface area contributed by atoms with Gasteiger partial charge in [0.2, 0.25) is 0 Å². The fourth-order valence-corrected chi connectivity index (χ4v) is 2.39. The van der Waals surface area contributed by atoms with Gasteiger partial charge in [0.05, 0.1) is 11.1 Å². The highest BCUT2D eigenvalue weighted by molar-refractivity contribution is 5.70. The summed E-state index contributed by atoms with van der Waals surface area (Å²) < 4.78 is 71.4. The van der Waals surface area contributed by atoms with E-state index in [2.05, 4.69) is 15.4 Å². The molecule has 138 valence electrons. The first kappa shape index (κ1) is 18.3. The van der Waals surface area contributed by atoms with Crippen molar-refractivity contribution in [3.8, 4) is 23.1 Å². The Hall–Kier alpha value is -3.48. The SMILES string of the molecule is N#Cc1[nH]nnc1-c1cccc(F)c1OCc1cc(F)cc(C(F)(F)F)c1. The zero-order valence-corrected chi connectivity index (χ0v) is 13.3. The van der Waals surface area contributed by atoms with Crippen LogP contribution in [0, 0.1) is 23.0 Å². The van der Waals surface area contributed by atoms with Crippen LogP contribution in [-0.2, 0) is 12.8 Å². The summed E-state index contributed by atoms with van der Waals surface area (Å²) in [5, 5.41) is 18.5. The van der Waals surface area contributed by atoms with Crippen LogP contribution in [0.1, 0.15) is 16.8 Å². The van der Waals surface area contributed by atoms with Gasteiger partial charge in [0, 0.05) is 0 Å². The summed E-state index contributed by atoms with van der Waals surface area (Å²) >= 11 is 0. The second-order valence-corrected chi connectivity index (χ2v) is 5.40. The molecular weight excluding hydrogens is 371 g/mol. The van der Waals surface area contributed by atoms with E-state index >= 15 is 0 Å². The van der Waals surface area contributed by atoms with Crippen molar-refractivity contribution in [3.05, 3.63) is 64.9 Å². The van der Waals surface area contributed by atoms with E-state index in [1.54, 1.807) is 6.07 Å². The molecule has 27 heavy (non-hydrogen) atoms. The van der Waals surface area contributed by atoms with Gasteiger partial charge in [-0.2, -0.15) is 18.4 Å². The van der Waals surface area contributed by atoms with E-state index in [9.17, 15) is 22.0 Å². The molecule has 2 aromatic carbocycles. The van der Waals surface area contributed by atoms with E-state index in [0.717, 1.165) is 12.1 Å². The fourth-order valence-electron chi connectivity index (χ4n) is 2.39. The Morgan fingerprint density at radius 2 is 1.93 bits per heavy atom. The van der Waals surface area contributed by atoms with Gasteiger partial charge in [-0.05, 0) is 35.9 Å². The lowest BCUT2D eigenvalue weighted by Gasteiger charge is -2.13. The Bertz CT molecular complexity index is 1020. The van der Waals surface area contributed by atoms with Crippen molar-refractivity contribution in [2.45, 2.75) is 12.8 Å². The Morgan fingerprint density at radius 1 is 1.15 bits per heavy atom. The van der Waals surface area contributed by atoms with Crippen LogP contribution >= 0.6 is 0 Å². The molecule has 0 radical (unpaired) electrons. The standard InChI is InChI=1S/C17H9F5N4O/c18-11-5-9(4-10(6-11)17(20,21)22)8-27-16-12(2-1-3-13(16)19)15-14(7-23)24-26-25-15/h1-6H,8H2,(H,24,25,26). The molecular formula is C17H9F5N4O. The lowest BCUT2D eigenvalue weighted by atomic mass is 10.1. The number of para-hydroxylation sites is 1. The summed E-state index contributed by atoms with van der Waals surface area (Å²) in [6.45, 7) is -0.533. The molecule has 0 saturated heterocycles. The third-order valence-electron chi connectivity index (χ3n) is 3.55. The van der Waals surface area contributed by atoms with E-state index in [4.69, 9.17) is 10.00 Å². The summed E-state index contributed by atoms with van der Waals surface area (Å²) in [5.41, 5.74) is -1.28. The molecule has 1 heterocycles. The molecule has 5 nitrogen and oxygen atoms in total. The smallest absolute Gasteiger partial charge is 0.416 e. The van der Waals surface area contributed by atoms with E-state index in [-0.39, 0.29) is 28.3 Å². The molecule has 0 unspecified atom stereocenters. The first-order valence-corrected chi connectivity index (χ1v) is 7.39. The normalized spacial score (nSPS) is 11.3. The number of halogens is 5. The number of aromatic nitrogens is 3. The average Bonchev–Trinajstić information content (AvgIpc) is 3.08. The minimum Gasteiger partial charge on any atom is -0.485 e. The Labute approximate surface area is 149 Å². The molecule has 0 aliphatic heterocycles. The summed E-state index contributed by atoms with van der Waals surface area (Å²) in [7, 11) is 0. The second-order valence-electron chi connectivity index (χ2n) is 5.40. The second kappa shape index (κ2) is 7.03. The summed E-state index contributed by atoms with van der Waals surface area (Å²) in [5.74, 6) is -2.27. The van der Waals surface area contributed by atoms with E-state index in [1.807, 2.05) is 0 Å². The molecule has 3 rings (SSSR count). The highest BCUT2D eigenvalue weighted by atomic mass is 19.4. The third-order valence-corrected chi connectivity index (χ3v) is 3.55. The Kier molecular flexibility index (Phi) is 4.77. The maximum absolute atomic E-state index is 14.2. The molecule has 0 aliphatic rings. The highest BCUT2D eigenvalue weighted by Gasteiger charge is 2.31. The number of H-pyrrole nitrogens is 1. The lowest BCUT2D eigenvalue weighted by Crippen LogP contribution is -2.08. The summed E-state index contributed by atoms with van der Waals surface area (Å²) in [4.78, 5) is 0. The number of hydrogen-bond acceptors (Lipinski definition) is 4. The molecule has 1 aromatic heterocycles. The maximum Gasteiger partial charge on any atom is 0.416 e.